The first-order valence-corrected chi connectivity index (χ1v) is 8.05. The molecule has 3 unspecified atom stereocenters. The maximum Gasteiger partial charge on any atom is 0.107 e. The average molecular weight is 334 g/mol. The first kappa shape index (κ1) is 14.5. The lowest BCUT2D eigenvalue weighted by atomic mass is 10.1. The van der Waals surface area contributed by atoms with E-state index in [1.165, 1.54) is 4.88 Å². The fourth-order valence-electron chi connectivity index (χ4n) is 2.10. The van der Waals surface area contributed by atoms with Gasteiger partial charge in [-0.1, -0.05) is 6.92 Å². The van der Waals surface area contributed by atoms with Gasteiger partial charge in [0.2, 0.25) is 0 Å². The van der Waals surface area contributed by atoms with Crippen LogP contribution in [0.3, 0.4) is 0 Å². The average Bonchev–Trinajstić information content (AvgIpc) is 3.01. The Balaban J connectivity index is 1.96. The summed E-state index contributed by atoms with van der Waals surface area (Å²) in [5, 5.41) is 0. The first-order valence-electron chi connectivity index (χ1n) is 6.44. The third-order valence-electron chi connectivity index (χ3n) is 3.22. The highest BCUT2D eigenvalue weighted by molar-refractivity contribution is 9.11. The monoisotopic (exact) mass is 333 g/mol. The van der Waals surface area contributed by atoms with Gasteiger partial charge in [-0.05, 0) is 47.3 Å². The largest absolute Gasteiger partial charge is 0.376 e. The van der Waals surface area contributed by atoms with Crippen molar-refractivity contribution in [3.8, 4) is 0 Å². The van der Waals surface area contributed by atoms with Crippen molar-refractivity contribution < 1.29 is 9.47 Å². The predicted octanol–water partition coefficient (Wildman–Crippen LogP) is 3.48. The van der Waals surface area contributed by atoms with Crippen LogP contribution in [0.25, 0.3) is 0 Å². The second-order valence-corrected chi connectivity index (χ2v) is 7.10. The van der Waals surface area contributed by atoms with Gasteiger partial charge in [-0.25, -0.2) is 0 Å². The van der Waals surface area contributed by atoms with Crippen LogP contribution in [0, 0.1) is 0 Å². The summed E-state index contributed by atoms with van der Waals surface area (Å²) in [6, 6.07) is 4.17. The molecule has 1 aliphatic heterocycles. The normalized spacial score (nSPS) is 23.2. The van der Waals surface area contributed by atoms with Gasteiger partial charge in [-0.2, -0.15) is 0 Å². The molecule has 0 saturated carbocycles. The third kappa shape index (κ3) is 3.78. The molecular weight excluding hydrogens is 314 g/mol. The Labute approximate surface area is 121 Å². The van der Waals surface area contributed by atoms with E-state index in [0.717, 1.165) is 29.7 Å². The Kier molecular flexibility index (Phi) is 5.63. The minimum Gasteiger partial charge on any atom is -0.376 e. The summed E-state index contributed by atoms with van der Waals surface area (Å²) in [5.41, 5.74) is 6.17. The maximum absolute atomic E-state index is 6.17. The van der Waals surface area contributed by atoms with Gasteiger partial charge in [0.15, 0.2) is 0 Å². The molecule has 2 N–H and O–H groups in total. The Morgan fingerprint density at radius 1 is 1.61 bits per heavy atom. The van der Waals surface area contributed by atoms with Crippen molar-refractivity contribution in [1.82, 2.24) is 0 Å². The van der Waals surface area contributed by atoms with Crippen LogP contribution in [0.15, 0.2) is 15.9 Å². The van der Waals surface area contributed by atoms with Crippen LogP contribution >= 0.6 is 27.3 Å². The van der Waals surface area contributed by atoms with E-state index in [-0.39, 0.29) is 18.2 Å². The topological polar surface area (TPSA) is 44.5 Å². The van der Waals surface area contributed by atoms with Crippen LogP contribution in [-0.2, 0) is 9.47 Å². The minimum atomic E-state index is -0.0181. The van der Waals surface area contributed by atoms with Crippen LogP contribution in [0.1, 0.15) is 37.2 Å². The van der Waals surface area contributed by atoms with E-state index in [0.29, 0.717) is 6.61 Å². The summed E-state index contributed by atoms with van der Waals surface area (Å²) in [4.78, 5) is 1.19. The standard InChI is InChI=1S/C13H20BrNO2S/c1-2-10(15)13(11-5-6-12(14)18-11)17-8-9-4-3-7-16-9/h5-6,9-10,13H,2-4,7-8,15H2,1H3. The highest BCUT2D eigenvalue weighted by Crippen LogP contribution is 2.32. The summed E-state index contributed by atoms with van der Waals surface area (Å²) in [6.45, 7) is 3.60. The number of thiophene rings is 1. The van der Waals surface area contributed by atoms with Crippen LogP contribution in [0.5, 0.6) is 0 Å². The molecule has 0 bridgehead atoms. The van der Waals surface area contributed by atoms with E-state index in [4.69, 9.17) is 15.2 Å². The Morgan fingerprint density at radius 2 is 2.44 bits per heavy atom. The number of ether oxygens (including phenoxy) is 2. The molecule has 1 aromatic rings. The van der Waals surface area contributed by atoms with Crippen LogP contribution < -0.4 is 5.73 Å². The lowest BCUT2D eigenvalue weighted by Gasteiger charge is -2.23. The lowest BCUT2D eigenvalue weighted by Crippen LogP contribution is -2.31. The van der Waals surface area contributed by atoms with Gasteiger partial charge in [0.1, 0.15) is 6.10 Å². The molecule has 0 amide bonds. The van der Waals surface area contributed by atoms with Crippen molar-refractivity contribution in [3.63, 3.8) is 0 Å². The Bertz CT molecular complexity index is 366. The highest BCUT2D eigenvalue weighted by Gasteiger charge is 2.24. The minimum absolute atomic E-state index is 0.0181. The van der Waals surface area contributed by atoms with Crippen molar-refractivity contribution in [3.05, 3.63) is 20.8 Å². The molecule has 3 nitrogen and oxygen atoms in total. The summed E-state index contributed by atoms with van der Waals surface area (Å²) in [6.07, 6.45) is 3.38. The molecule has 1 aromatic heterocycles. The molecule has 0 radical (unpaired) electrons. The van der Waals surface area contributed by atoms with E-state index < -0.39 is 0 Å². The predicted molar refractivity (Wildman–Crippen MR) is 78.0 cm³/mol. The number of nitrogens with two attached hydrogens (primary N) is 1. The molecule has 18 heavy (non-hydrogen) atoms. The van der Waals surface area contributed by atoms with E-state index >= 15 is 0 Å². The summed E-state index contributed by atoms with van der Waals surface area (Å²) in [5.74, 6) is 0. The number of hydrogen-bond donors (Lipinski definition) is 1. The second kappa shape index (κ2) is 7.01. The zero-order valence-corrected chi connectivity index (χ0v) is 13.0. The molecule has 1 aliphatic rings. The van der Waals surface area contributed by atoms with Gasteiger partial charge in [-0.3, -0.25) is 0 Å². The lowest BCUT2D eigenvalue weighted by molar-refractivity contribution is -0.0296. The smallest absolute Gasteiger partial charge is 0.107 e. The molecule has 2 rings (SSSR count). The summed E-state index contributed by atoms with van der Waals surface area (Å²) < 4.78 is 12.7. The van der Waals surface area contributed by atoms with Crippen LogP contribution in [-0.4, -0.2) is 25.4 Å². The molecule has 102 valence electrons. The van der Waals surface area contributed by atoms with Crippen molar-refractivity contribution in [2.75, 3.05) is 13.2 Å². The second-order valence-electron chi connectivity index (χ2n) is 4.60. The fraction of sp³-hybridized carbons (Fsp3) is 0.692. The fourth-order valence-corrected chi connectivity index (χ4v) is 3.65. The van der Waals surface area contributed by atoms with Crippen molar-refractivity contribution in [1.29, 1.82) is 0 Å². The van der Waals surface area contributed by atoms with Gasteiger partial charge >= 0.3 is 0 Å². The van der Waals surface area contributed by atoms with Gasteiger partial charge in [0.25, 0.3) is 0 Å². The number of halogens is 1. The van der Waals surface area contributed by atoms with Gasteiger partial charge < -0.3 is 15.2 Å². The third-order valence-corrected chi connectivity index (χ3v) is 4.91. The summed E-state index contributed by atoms with van der Waals surface area (Å²) in [7, 11) is 0. The van der Waals surface area contributed by atoms with E-state index in [1.54, 1.807) is 11.3 Å². The van der Waals surface area contributed by atoms with Crippen molar-refractivity contribution in [2.24, 2.45) is 5.73 Å². The molecular formula is C13H20BrNO2S. The molecule has 2 heterocycles. The van der Waals surface area contributed by atoms with Crippen LogP contribution in [0.4, 0.5) is 0 Å². The molecule has 1 fully saturated rings. The molecule has 0 aliphatic carbocycles. The molecule has 1 saturated heterocycles. The SMILES string of the molecule is CCC(N)C(OCC1CCCO1)c1ccc(Br)s1. The van der Waals surface area contributed by atoms with Gasteiger partial charge in [0, 0.05) is 17.5 Å². The van der Waals surface area contributed by atoms with E-state index in [2.05, 4.69) is 28.9 Å². The van der Waals surface area contributed by atoms with Crippen molar-refractivity contribution >= 4 is 27.3 Å². The molecule has 0 spiro atoms. The highest BCUT2D eigenvalue weighted by atomic mass is 79.9. The van der Waals surface area contributed by atoms with E-state index in [9.17, 15) is 0 Å². The Hall–Kier alpha value is 0.0600. The molecule has 5 heteroatoms. The first-order chi connectivity index (χ1) is 8.70. The maximum atomic E-state index is 6.17. The van der Waals surface area contributed by atoms with Gasteiger partial charge in [0.05, 0.1) is 16.5 Å². The number of rotatable bonds is 6. The zero-order valence-electron chi connectivity index (χ0n) is 10.6. The van der Waals surface area contributed by atoms with E-state index in [1.807, 2.05) is 6.07 Å². The molecule has 0 aromatic carbocycles. The van der Waals surface area contributed by atoms with Gasteiger partial charge in [-0.15, -0.1) is 11.3 Å². The zero-order chi connectivity index (χ0) is 13.0. The van der Waals surface area contributed by atoms with Crippen molar-refractivity contribution in [2.45, 2.75) is 44.4 Å². The Morgan fingerprint density at radius 3 is 3.00 bits per heavy atom. The van der Waals surface area contributed by atoms with Crippen LogP contribution in [0.2, 0.25) is 0 Å². The summed E-state index contributed by atoms with van der Waals surface area (Å²) >= 11 is 5.18. The quantitative estimate of drug-likeness (QED) is 0.866. The number of hydrogen-bond acceptors (Lipinski definition) is 4. The molecule has 3 atom stereocenters.